The van der Waals surface area contributed by atoms with Gasteiger partial charge in [0, 0.05) is 5.69 Å². The van der Waals surface area contributed by atoms with Gasteiger partial charge in [-0.25, -0.2) is 0 Å². The first-order valence-corrected chi connectivity index (χ1v) is 12.7. The third-order valence-electron chi connectivity index (χ3n) is 5.46. The van der Waals surface area contributed by atoms with E-state index in [-0.39, 0.29) is 30.9 Å². The molecule has 0 atom stereocenters. The molecule has 1 N–H and O–H groups in total. The maximum Gasteiger partial charge on any atom is 0.293 e. The average Bonchev–Trinajstić information content (AvgIpc) is 3.13. The summed E-state index contributed by atoms with van der Waals surface area (Å²) in [5, 5.41) is 2.94. The maximum absolute atomic E-state index is 12.8. The molecule has 0 bridgehead atoms. The molecular weight excluding hydrogens is 512 g/mol. The van der Waals surface area contributed by atoms with E-state index in [2.05, 4.69) is 5.32 Å². The summed E-state index contributed by atoms with van der Waals surface area (Å²) in [6.45, 7) is 3.99. The number of thioether (sulfide) groups is 1. The molecule has 0 saturated carbocycles. The molecular formula is C28H25ClN2O5S. The second-order valence-electron chi connectivity index (χ2n) is 8.34. The highest BCUT2D eigenvalue weighted by Crippen LogP contribution is 2.33. The van der Waals surface area contributed by atoms with Gasteiger partial charge in [0.15, 0.2) is 6.61 Å². The zero-order chi connectivity index (χ0) is 26.4. The average molecular weight is 537 g/mol. The number of aryl methyl sites for hydroxylation is 2. The van der Waals surface area contributed by atoms with Crippen LogP contribution in [-0.4, -0.2) is 41.7 Å². The lowest BCUT2D eigenvalue weighted by molar-refractivity contribution is -0.123. The van der Waals surface area contributed by atoms with Crippen LogP contribution in [0, 0.1) is 13.8 Å². The van der Waals surface area contributed by atoms with Crippen LogP contribution in [0.3, 0.4) is 0 Å². The van der Waals surface area contributed by atoms with Crippen molar-refractivity contribution in [1.82, 2.24) is 4.90 Å². The van der Waals surface area contributed by atoms with Crippen molar-refractivity contribution in [1.29, 1.82) is 0 Å². The van der Waals surface area contributed by atoms with Gasteiger partial charge in [-0.15, -0.1) is 0 Å². The number of hydrogen-bond acceptors (Lipinski definition) is 6. The van der Waals surface area contributed by atoms with Crippen LogP contribution < -0.4 is 14.8 Å². The van der Waals surface area contributed by atoms with E-state index in [9.17, 15) is 14.4 Å². The van der Waals surface area contributed by atoms with Crippen LogP contribution in [0.15, 0.2) is 71.6 Å². The van der Waals surface area contributed by atoms with E-state index in [0.29, 0.717) is 27.0 Å². The quantitative estimate of drug-likeness (QED) is 0.333. The van der Waals surface area contributed by atoms with Crippen molar-refractivity contribution in [3.05, 3.63) is 93.3 Å². The minimum absolute atomic E-state index is 0.103. The number of para-hydroxylation sites is 1. The first-order valence-electron chi connectivity index (χ1n) is 11.5. The number of amides is 3. The first kappa shape index (κ1) is 26.3. The van der Waals surface area contributed by atoms with E-state index in [1.54, 1.807) is 54.6 Å². The largest absolute Gasteiger partial charge is 0.490 e. The molecule has 3 amide bonds. The molecule has 190 valence electrons. The van der Waals surface area contributed by atoms with Crippen molar-refractivity contribution in [2.75, 3.05) is 25.1 Å². The smallest absolute Gasteiger partial charge is 0.293 e. The van der Waals surface area contributed by atoms with Crippen LogP contribution >= 0.6 is 23.4 Å². The summed E-state index contributed by atoms with van der Waals surface area (Å²) in [5.74, 6) is 0.289. The zero-order valence-corrected chi connectivity index (χ0v) is 21.9. The second kappa shape index (κ2) is 12.0. The minimum Gasteiger partial charge on any atom is -0.490 e. The van der Waals surface area contributed by atoms with Gasteiger partial charge in [-0.3, -0.25) is 19.3 Å². The zero-order valence-electron chi connectivity index (χ0n) is 20.3. The Hall–Kier alpha value is -3.75. The minimum atomic E-state index is -0.392. The fourth-order valence-electron chi connectivity index (χ4n) is 3.64. The molecule has 37 heavy (non-hydrogen) atoms. The summed E-state index contributed by atoms with van der Waals surface area (Å²) in [5.41, 5.74) is 3.50. The Balaban J connectivity index is 1.33. The molecule has 3 aromatic carbocycles. The third kappa shape index (κ3) is 6.93. The Morgan fingerprint density at radius 1 is 1.03 bits per heavy atom. The lowest BCUT2D eigenvalue weighted by Gasteiger charge is -2.13. The fraction of sp³-hybridized carbons (Fsp3) is 0.179. The summed E-state index contributed by atoms with van der Waals surface area (Å²) in [4.78, 5) is 39.0. The van der Waals surface area contributed by atoms with Gasteiger partial charge in [-0.1, -0.05) is 53.6 Å². The number of imide groups is 1. The van der Waals surface area contributed by atoms with Gasteiger partial charge < -0.3 is 14.8 Å². The molecule has 1 aliphatic rings. The van der Waals surface area contributed by atoms with Crippen LogP contribution in [0.5, 0.6) is 11.5 Å². The highest BCUT2D eigenvalue weighted by molar-refractivity contribution is 8.18. The molecule has 0 spiro atoms. The Bertz CT molecular complexity index is 1370. The summed E-state index contributed by atoms with van der Waals surface area (Å²) in [6, 6.07) is 19.8. The summed E-state index contributed by atoms with van der Waals surface area (Å²) in [7, 11) is 0. The SMILES string of the molecule is Cc1ccc(NC(=O)COc2cccc(/C=C3\SC(=O)N(CCOc4ccccc4Cl)C3=O)c2)c(C)c1. The topological polar surface area (TPSA) is 84.9 Å². The van der Waals surface area contributed by atoms with Crippen LogP contribution in [0.25, 0.3) is 6.08 Å². The van der Waals surface area contributed by atoms with Crippen molar-refractivity contribution in [3.63, 3.8) is 0 Å². The number of anilines is 1. The highest BCUT2D eigenvalue weighted by Gasteiger charge is 2.34. The Kier molecular flexibility index (Phi) is 8.53. The van der Waals surface area contributed by atoms with Crippen LogP contribution in [0.1, 0.15) is 16.7 Å². The van der Waals surface area contributed by atoms with E-state index in [1.165, 1.54) is 0 Å². The fourth-order valence-corrected chi connectivity index (χ4v) is 4.69. The molecule has 0 aromatic heterocycles. The van der Waals surface area contributed by atoms with E-state index in [1.807, 2.05) is 32.0 Å². The van der Waals surface area contributed by atoms with Gasteiger partial charge >= 0.3 is 0 Å². The van der Waals surface area contributed by atoms with Crippen LogP contribution in [0.2, 0.25) is 5.02 Å². The molecule has 1 heterocycles. The molecule has 7 nitrogen and oxygen atoms in total. The number of halogens is 1. The van der Waals surface area contributed by atoms with Crippen molar-refractivity contribution in [2.24, 2.45) is 0 Å². The van der Waals surface area contributed by atoms with Crippen LogP contribution in [0.4, 0.5) is 10.5 Å². The van der Waals surface area contributed by atoms with Gasteiger partial charge in [-0.05, 0) is 73.1 Å². The number of carbonyl (C=O) groups is 3. The molecule has 0 unspecified atom stereocenters. The number of hydrogen-bond donors (Lipinski definition) is 1. The standard InChI is InChI=1S/C28H25ClN2O5S/c1-18-10-11-23(19(2)14-18)30-26(32)17-36-21-7-5-6-20(15-21)16-25-27(33)31(28(34)37-25)12-13-35-24-9-4-3-8-22(24)29/h3-11,14-16H,12-13,17H2,1-2H3,(H,30,32)/b25-16-. The van der Waals surface area contributed by atoms with Crippen molar-refractivity contribution in [2.45, 2.75) is 13.8 Å². The normalized spacial score (nSPS) is 14.2. The summed E-state index contributed by atoms with van der Waals surface area (Å²) >= 11 is 6.94. The van der Waals surface area contributed by atoms with Gasteiger partial charge in [0.25, 0.3) is 17.1 Å². The van der Waals surface area contributed by atoms with Gasteiger partial charge in [0.2, 0.25) is 0 Å². The molecule has 0 radical (unpaired) electrons. The van der Waals surface area contributed by atoms with E-state index < -0.39 is 5.91 Å². The Labute approximate surface area is 224 Å². The monoisotopic (exact) mass is 536 g/mol. The molecule has 9 heteroatoms. The number of carbonyl (C=O) groups excluding carboxylic acids is 3. The number of nitrogens with one attached hydrogen (secondary N) is 1. The van der Waals surface area contributed by atoms with Crippen LogP contribution in [-0.2, 0) is 9.59 Å². The van der Waals surface area contributed by atoms with Crippen molar-refractivity contribution >= 4 is 52.2 Å². The second-order valence-corrected chi connectivity index (χ2v) is 9.74. The first-order chi connectivity index (χ1) is 17.8. The molecule has 0 aliphatic carbocycles. The predicted molar refractivity (Wildman–Crippen MR) is 146 cm³/mol. The molecule has 3 aromatic rings. The third-order valence-corrected chi connectivity index (χ3v) is 6.68. The van der Waals surface area contributed by atoms with Crippen molar-refractivity contribution in [3.8, 4) is 11.5 Å². The van der Waals surface area contributed by atoms with Gasteiger partial charge in [0.05, 0.1) is 16.5 Å². The Morgan fingerprint density at radius 2 is 1.84 bits per heavy atom. The lowest BCUT2D eigenvalue weighted by Crippen LogP contribution is -2.32. The van der Waals surface area contributed by atoms with Gasteiger partial charge in [0.1, 0.15) is 18.1 Å². The van der Waals surface area contributed by atoms with E-state index >= 15 is 0 Å². The molecule has 1 saturated heterocycles. The van der Waals surface area contributed by atoms with Crippen molar-refractivity contribution < 1.29 is 23.9 Å². The number of nitrogens with zero attached hydrogens (tertiary/aromatic N) is 1. The maximum atomic E-state index is 12.8. The number of ether oxygens (including phenoxy) is 2. The summed E-state index contributed by atoms with van der Waals surface area (Å²) < 4.78 is 11.2. The van der Waals surface area contributed by atoms with E-state index in [0.717, 1.165) is 33.5 Å². The lowest BCUT2D eigenvalue weighted by atomic mass is 10.1. The predicted octanol–water partition coefficient (Wildman–Crippen LogP) is 6.09. The highest BCUT2D eigenvalue weighted by atomic mass is 35.5. The summed E-state index contributed by atoms with van der Waals surface area (Å²) in [6.07, 6.45) is 1.63. The van der Waals surface area contributed by atoms with E-state index in [4.69, 9.17) is 21.1 Å². The Morgan fingerprint density at radius 3 is 2.62 bits per heavy atom. The molecule has 1 fully saturated rings. The number of rotatable bonds is 9. The molecule has 4 rings (SSSR count). The van der Waals surface area contributed by atoms with Gasteiger partial charge in [-0.2, -0.15) is 0 Å². The number of benzene rings is 3. The molecule has 1 aliphatic heterocycles.